The van der Waals surface area contributed by atoms with Crippen molar-refractivity contribution in [2.75, 3.05) is 6.54 Å². The van der Waals surface area contributed by atoms with Crippen molar-refractivity contribution >= 4 is 0 Å². The molecular formula is C14H20FNO. The Kier molecular flexibility index (Phi) is 3.67. The fraction of sp³-hybridized carbons (Fsp3) is 0.571. The zero-order valence-corrected chi connectivity index (χ0v) is 10.5. The molecule has 0 bridgehead atoms. The zero-order chi connectivity index (χ0) is 12.4. The molecule has 0 spiro atoms. The van der Waals surface area contributed by atoms with Crippen LogP contribution in [0.1, 0.15) is 32.3 Å². The monoisotopic (exact) mass is 237 g/mol. The Morgan fingerprint density at radius 2 is 2.24 bits per heavy atom. The first-order valence-electron chi connectivity index (χ1n) is 6.30. The second kappa shape index (κ2) is 5.05. The van der Waals surface area contributed by atoms with Crippen molar-refractivity contribution in [3.05, 3.63) is 29.6 Å². The van der Waals surface area contributed by atoms with Gasteiger partial charge in [0.15, 0.2) is 11.6 Å². The molecule has 17 heavy (non-hydrogen) atoms. The van der Waals surface area contributed by atoms with Crippen LogP contribution in [0, 0.1) is 11.7 Å². The van der Waals surface area contributed by atoms with Gasteiger partial charge in [-0.1, -0.05) is 26.0 Å². The van der Waals surface area contributed by atoms with Crippen LogP contribution in [0.5, 0.6) is 5.75 Å². The maximum absolute atomic E-state index is 13.2. The second-order valence-electron chi connectivity index (χ2n) is 5.17. The molecule has 1 N–H and O–H groups in total. The van der Waals surface area contributed by atoms with E-state index < -0.39 is 5.82 Å². The molecule has 0 aromatic heterocycles. The minimum absolute atomic E-state index is 0.193. The van der Waals surface area contributed by atoms with Gasteiger partial charge in [-0.15, -0.1) is 0 Å². The van der Waals surface area contributed by atoms with E-state index in [1.807, 2.05) is 0 Å². The van der Waals surface area contributed by atoms with Crippen molar-refractivity contribution in [2.45, 2.75) is 39.3 Å². The molecule has 1 aromatic rings. The van der Waals surface area contributed by atoms with Crippen molar-refractivity contribution < 1.29 is 9.50 Å². The van der Waals surface area contributed by atoms with E-state index in [1.54, 1.807) is 12.1 Å². The fourth-order valence-electron chi connectivity index (χ4n) is 2.71. The first-order chi connectivity index (χ1) is 8.09. The average molecular weight is 237 g/mol. The molecule has 1 heterocycles. The van der Waals surface area contributed by atoms with Crippen LogP contribution in [-0.4, -0.2) is 22.6 Å². The Balaban J connectivity index is 2.12. The molecule has 2 rings (SSSR count). The average Bonchev–Trinajstić information content (AvgIpc) is 2.73. The maximum atomic E-state index is 13.2. The van der Waals surface area contributed by atoms with Crippen LogP contribution in [-0.2, 0) is 6.54 Å². The van der Waals surface area contributed by atoms with Crippen LogP contribution in [0.15, 0.2) is 18.2 Å². The van der Waals surface area contributed by atoms with Crippen LogP contribution >= 0.6 is 0 Å². The zero-order valence-electron chi connectivity index (χ0n) is 10.5. The summed E-state index contributed by atoms with van der Waals surface area (Å²) in [5.41, 5.74) is 0.692. The summed E-state index contributed by atoms with van der Waals surface area (Å²) in [5.74, 6) is -0.113. The van der Waals surface area contributed by atoms with E-state index in [-0.39, 0.29) is 5.75 Å². The SMILES string of the molecule is CC(C)C1CCCN1Cc1cccc(F)c1O. The molecule has 1 aromatic carbocycles. The van der Waals surface area contributed by atoms with Gasteiger partial charge in [-0.2, -0.15) is 0 Å². The van der Waals surface area contributed by atoms with Crippen molar-refractivity contribution in [1.29, 1.82) is 0 Å². The number of nitrogens with zero attached hydrogens (tertiary/aromatic N) is 1. The standard InChI is InChI=1S/C14H20FNO/c1-10(2)13-7-4-8-16(13)9-11-5-3-6-12(15)14(11)17/h3,5-6,10,13,17H,4,7-9H2,1-2H3. The third-order valence-corrected chi connectivity index (χ3v) is 3.63. The predicted molar refractivity (Wildman–Crippen MR) is 66.3 cm³/mol. The van der Waals surface area contributed by atoms with Gasteiger partial charge in [-0.3, -0.25) is 4.90 Å². The lowest BCUT2D eigenvalue weighted by atomic mass is 10.0. The van der Waals surface area contributed by atoms with Gasteiger partial charge in [0, 0.05) is 18.2 Å². The number of hydrogen-bond donors (Lipinski definition) is 1. The van der Waals surface area contributed by atoms with E-state index in [2.05, 4.69) is 18.7 Å². The van der Waals surface area contributed by atoms with Crippen molar-refractivity contribution in [3.63, 3.8) is 0 Å². The highest BCUT2D eigenvalue weighted by Gasteiger charge is 2.27. The van der Waals surface area contributed by atoms with E-state index in [0.29, 0.717) is 24.1 Å². The van der Waals surface area contributed by atoms with Crippen LogP contribution < -0.4 is 0 Å². The van der Waals surface area contributed by atoms with Crippen LogP contribution in [0.2, 0.25) is 0 Å². The van der Waals surface area contributed by atoms with Gasteiger partial charge in [0.1, 0.15) is 0 Å². The number of halogens is 1. The maximum Gasteiger partial charge on any atom is 0.165 e. The Hall–Kier alpha value is -1.09. The number of benzene rings is 1. The molecule has 1 aliphatic heterocycles. The molecule has 2 nitrogen and oxygen atoms in total. The molecule has 1 fully saturated rings. The summed E-state index contributed by atoms with van der Waals surface area (Å²) in [6.07, 6.45) is 2.40. The Bertz CT molecular complexity index is 392. The molecule has 1 saturated heterocycles. The predicted octanol–water partition coefficient (Wildman–Crippen LogP) is 3.15. The second-order valence-corrected chi connectivity index (χ2v) is 5.17. The third-order valence-electron chi connectivity index (χ3n) is 3.63. The smallest absolute Gasteiger partial charge is 0.165 e. The Morgan fingerprint density at radius 3 is 2.94 bits per heavy atom. The van der Waals surface area contributed by atoms with Gasteiger partial charge in [-0.05, 0) is 31.4 Å². The lowest BCUT2D eigenvalue weighted by Crippen LogP contribution is -2.32. The van der Waals surface area contributed by atoms with E-state index in [1.165, 1.54) is 18.9 Å². The van der Waals surface area contributed by atoms with Crippen LogP contribution in [0.25, 0.3) is 0 Å². The summed E-state index contributed by atoms with van der Waals surface area (Å²) >= 11 is 0. The summed E-state index contributed by atoms with van der Waals surface area (Å²) in [4.78, 5) is 2.35. The van der Waals surface area contributed by atoms with Gasteiger partial charge in [0.2, 0.25) is 0 Å². The first kappa shape index (κ1) is 12.4. The molecule has 0 amide bonds. The largest absolute Gasteiger partial charge is 0.505 e. The topological polar surface area (TPSA) is 23.5 Å². The van der Waals surface area contributed by atoms with Gasteiger partial charge in [0.05, 0.1) is 0 Å². The number of phenols is 1. The molecule has 1 unspecified atom stereocenters. The summed E-state index contributed by atoms with van der Waals surface area (Å²) in [7, 11) is 0. The number of likely N-dealkylation sites (tertiary alicyclic amines) is 1. The van der Waals surface area contributed by atoms with Gasteiger partial charge in [-0.25, -0.2) is 4.39 Å². The lowest BCUT2D eigenvalue weighted by molar-refractivity contribution is 0.196. The van der Waals surface area contributed by atoms with Crippen LogP contribution in [0.3, 0.4) is 0 Å². The number of hydrogen-bond acceptors (Lipinski definition) is 2. The fourth-order valence-corrected chi connectivity index (χ4v) is 2.71. The molecule has 3 heteroatoms. The number of phenolic OH excluding ortho intramolecular Hbond substituents is 1. The first-order valence-corrected chi connectivity index (χ1v) is 6.30. The number of rotatable bonds is 3. The highest BCUT2D eigenvalue weighted by atomic mass is 19.1. The normalized spacial score (nSPS) is 21.3. The molecule has 0 radical (unpaired) electrons. The van der Waals surface area contributed by atoms with E-state index in [0.717, 1.165) is 6.54 Å². The third kappa shape index (κ3) is 2.60. The molecule has 1 atom stereocenters. The van der Waals surface area contributed by atoms with Crippen molar-refractivity contribution in [1.82, 2.24) is 4.90 Å². The van der Waals surface area contributed by atoms with Gasteiger partial charge < -0.3 is 5.11 Å². The van der Waals surface area contributed by atoms with Crippen LogP contribution in [0.4, 0.5) is 4.39 Å². The molecule has 94 valence electrons. The minimum Gasteiger partial charge on any atom is -0.505 e. The highest BCUT2D eigenvalue weighted by molar-refractivity contribution is 5.33. The summed E-state index contributed by atoms with van der Waals surface area (Å²) in [5, 5.41) is 9.68. The summed E-state index contributed by atoms with van der Waals surface area (Å²) in [6, 6.07) is 5.31. The molecule has 1 aliphatic rings. The van der Waals surface area contributed by atoms with Gasteiger partial charge >= 0.3 is 0 Å². The van der Waals surface area contributed by atoms with E-state index in [4.69, 9.17) is 0 Å². The summed E-state index contributed by atoms with van der Waals surface area (Å²) < 4.78 is 13.2. The Morgan fingerprint density at radius 1 is 1.47 bits per heavy atom. The molecule has 0 saturated carbocycles. The molecule has 0 aliphatic carbocycles. The quantitative estimate of drug-likeness (QED) is 0.873. The summed E-state index contributed by atoms with van der Waals surface area (Å²) in [6.45, 7) is 6.12. The minimum atomic E-state index is -0.525. The van der Waals surface area contributed by atoms with Crippen molar-refractivity contribution in [3.8, 4) is 5.75 Å². The van der Waals surface area contributed by atoms with E-state index in [9.17, 15) is 9.50 Å². The molecular weight excluding hydrogens is 217 g/mol. The highest BCUT2D eigenvalue weighted by Crippen LogP contribution is 2.28. The number of aromatic hydroxyl groups is 1. The number of para-hydroxylation sites is 1. The van der Waals surface area contributed by atoms with E-state index >= 15 is 0 Å². The van der Waals surface area contributed by atoms with Crippen molar-refractivity contribution in [2.24, 2.45) is 5.92 Å². The lowest BCUT2D eigenvalue weighted by Gasteiger charge is -2.27. The Labute approximate surface area is 102 Å². The van der Waals surface area contributed by atoms with Gasteiger partial charge in [0.25, 0.3) is 0 Å².